The molecule has 39 heavy (non-hydrogen) atoms. The molecule has 1 atom stereocenters. The van der Waals surface area contributed by atoms with Crippen LogP contribution in [0.2, 0.25) is 10.0 Å². The van der Waals surface area contributed by atoms with E-state index in [0.29, 0.717) is 27.9 Å². The van der Waals surface area contributed by atoms with Crippen molar-refractivity contribution in [1.82, 2.24) is 10.2 Å². The molecule has 1 N–H and O–H groups in total. The Hall–Kier alpha value is -3.27. The molecular weight excluding hydrogens is 561 g/mol. The summed E-state index contributed by atoms with van der Waals surface area (Å²) in [5, 5.41) is 3.53. The van der Waals surface area contributed by atoms with Gasteiger partial charge in [0.1, 0.15) is 18.3 Å². The maximum absolute atomic E-state index is 13.9. The number of halogens is 2. The van der Waals surface area contributed by atoms with Gasteiger partial charge >= 0.3 is 0 Å². The zero-order valence-corrected chi connectivity index (χ0v) is 24.3. The SMILES string of the molecule is CCCNC(=O)[C@@H](C)N(Cc1ccccc1Cl)C(=O)CN(c1cccc(Cl)c1)S(=O)(=O)c1ccc(OC)cc1. The van der Waals surface area contributed by atoms with Gasteiger partial charge in [0.2, 0.25) is 11.8 Å². The molecule has 208 valence electrons. The molecule has 0 aliphatic rings. The minimum absolute atomic E-state index is 0.00515. The quantitative estimate of drug-likeness (QED) is 0.314. The van der Waals surface area contributed by atoms with Gasteiger partial charge in [0, 0.05) is 23.1 Å². The number of nitrogens with zero attached hydrogens (tertiary/aromatic N) is 2. The summed E-state index contributed by atoms with van der Waals surface area (Å²) in [6.07, 6.45) is 0.722. The van der Waals surface area contributed by atoms with Crippen molar-refractivity contribution in [1.29, 1.82) is 0 Å². The lowest BCUT2D eigenvalue weighted by atomic mass is 10.1. The van der Waals surface area contributed by atoms with E-state index in [2.05, 4.69) is 5.32 Å². The predicted octanol–water partition coefficient (Wildman–Crippen LogP) is 5.14. The summed E-state index contributed by atoms with van der Waals surface area (Å²) in [6.45, 7) is 3.39. The number of anilines is 1. The third-order valence-electron chi connectivity index (χ3n) is 6.04. The zero-order valence-electron chi connectivity index (χ0n) is 21.9. The molecule has 0 fully saturated rings. The Morgan fingerprint density at radius 1 is 1.00 bits per heavy atom. The number of rotatable bonds is 12. The van der Waals surface area contributed by atoms with Crippen LogP contribution in [0, 0.1) is 0 Å². The number of sulfonamides is 1. The molecule has 0 spiro atoms. The summed E-state index contributed by atoms with van der Waals surface area (Å²) in [4.78, 5) is 28.1. The first kappa shape index (κ1) is 30.3. The van der Waals surface area contributed by atoms with Crippen molar-refractivity contribution in [3.63, 3.8) is 0 Å². The molecular formula is C28H31Cl2N3O5S. The van der Waals surface area contributed by atoms with E-state index in [1.54, 1.807) is 49.4 Å². The molecule has 0 radical (unpaired) electrons. The van der Waals surface area contributed by atoms with E-state index in [1.165, 1.54) is 42.3 Å². The van der Waals surface area contributed by atoms with Gasteiger partial charge in [-0.3, -0.25) is 13.9 Å². The van der Waals surface area contributed by atoms with Gasteiger partial charge in [-0.05, 0) is 67.4 Å². The van der Waals surface area contributed by atoms with Crippen LogP contribution in [-0.2, 0) is 26.2 Å². The minimum Gasteiger partial charge on any atom is -0.497 e. The third kappa shape index (κ3) is 7.65. The topological polar surface area (TPSA) is 96.0 Å². The Bertz CT molecular complexity index is 1400. The summed E-state index contributed by atoms with van der Waals surface area (Å²) >= 11 is 12.6. The molecule has 0 saturated heterocycles. The van der Waals surface area contributed by atoms with E-state index in [9.17, 15) is 18.0 Å². The van der Waals surface area contributed by atoms with Crippen LogP contribution in [0.1, 0.15) is 25.8 Å². The number of ether oxygens (including phenoxy) is 1. The highest BCUT2D eigenvalue weighted by Crippen LogP contribution is 2.28. The molecule has 0 bridgehead atoms. The van der Waals surface area contributed by atoms with Gasteiger partial charge in [0.25, 0.3) is 10.0 Å². The van der Waals surface area contributed by atoms with Crippen molar-refractivity contribution in [2.45, 2.75) is 37.8 Å². The molecule has 0 saturated carbocycles. The summed E-state index contributed by atoms with van der Waals surface area (Å²) in [6, 6.07) is 18.1. The van der Waals surface area contributed by atoms with Gasteiger partial charge in [0.15, 0.2) is 0 Å². The van der Waals surface area contributed by atoms with E-state index in [-0.39, 0.29) is 23.0 Å². The molecule has 0 heterocycles. The normalized spacial score (nSPS) is 11.9. The lowest BCUT2D eigenvalue weighted by molar-refractivity contribution is -0.139. The highest BCUT2D eigenvalue weighted by Gasteiger charge is 2.32. The van der Waals surface area contributed by atoms with Gasteiger partial charge in [0.05, 0.1) is 17.7 Å². The number of nitrogens with one attached hydrogen (secondary N) is 1. The highest BCUT2D eigenvalue weighted by atomic mass is 35.5. The molecule has 11 heteroatoms. The molecule has 3 aromatic rings. The molecule has 3 aromatic carbocycles. The maximum Gasteiger partial charge on any atom is 0.264 e. The Balaban J connectivity index is 2.03. The zero-order chi connectivity index (χ0) is 28.6. The van der Waals surface area contributed by atoms with E-state index < -0.39 is 28.5 Å². The number of carbonyl (C=O) groups is 2. The van der Waals surface area contributed by atoms with Crippen molar-refractivity contribution in [3.8, 4) is 5.75 Å². The number of benzene rings is 3. The van der Waals surface area contributed by atoms with Crippen molar-refractivity contribution in [3.05, 3.63) is 88.4 Å². The highest BCUT2D eigenvalue weighted by molar-refractivity contribution is 7.92. The van der Waals surface area contributed by atoms with Crippen molar-refractivity contribution < 1.29 is 22.7 Å². The second-order valence-electron chi connectivity index (χ2n) is 8.75. The van der Waals surface area contributed by atoms with Crippen LogP contribution in [0.15, 0.2) is 77.7 Å². The van der Waals surface area contributed by atoms with Crippen LogP contribution in [0.3, 0.4) is 0 Å². The van der Waals surface area contributed by atoms with Crippen LogP contribution in [0.4, 0.5) is 5.69 Å². The minimum atomic E-state index is -4.22. The average molecular weight is 593 g/mol. The number of methoxy groups -OCH3 is 1. The van der Waals surface area contributed by atoms with Gasteiger partial charge in [-0.1, -0.05) is 54.4 Å². The number of carbonyl (C=O) groups excluding carboxylic acids is 2. The number of hydrogen-bond donors (Lipinski definition) is 1. The fourth-order valence-corrected chi connectivity index (χ4v) is 5.61. The van der Waals surface area contributed by atoms with Crippen molar-refractivity contribution in [2.24, 2.45) is 0 Å². The van der Waals surface area contributed by atoms with Gasteiger partial charge in [-0.25, -0.2) is 8.42 Å². The summed E-state index contributed by atoms with van der Waals surface area (Å²) in [5.41, 5.74) is 0.822. The Kier molecular flexibility index (Phi) is 10.6. The summed E-state index contributed by atoms with van der Waals surface area (Å²) in [5.74, 6) is -0.465. The van der Waals surface area contributed by atoms with Gasteiger partial charge in [-0.15, -0.1) is 0 Å². The molecule has 2 amide bonds. The number of hydrogen-bond acceptors (Lipinski definition) is 5. The average Bonchev–Trinajstić information content (AvgIpc) is 2.93. The monoisotopic (exact) mass is 591 g/mol. The van der Waals surface area contributed by atoms with Crippen LogP contribution in [0.25, 0.3) is 0 Å². The summed E-state index contributed by atoms with van der Waals surface area (Å²) < 4.78 is 33.8. The van der Waals surface area contributed by atoms with E-state index in [1.807, 2.05) is 6.92 Å². The van der Waals surface area contributed by atoms with Gasteiger partial charge in [-0.2, -0.15) is 0 Å². The second kappa shape index (κ2) is 13.7. The van der Waals surface area contributed by atoms with Crippen molar-refractivity contribution >= 4 is 50.7 Å². The second-order valence-corrected chi connectivity index (χ2v) is 11.5. The van der Waals surface area contributed by atoms with Crippen LogP contribution >= 0.6 is 23.2 Å². The number of amides is 2. The van der Waals surface area contributed by atoms with Gasteiger partial charge < -0.3 is 15.0 Å². The van der Waals surface area contributed by atoms with Crippen LogP contribution in [0.5, 0.6) is 5.75 Å². The van der Waals surface area contributed by atoms with E-state index >= 15 is 0 Å². The van der Waals surface area contributed by atoms with Crippen molar-refractivity contribution in [2.75, 3.05) is 24.5 Å². The first-order chi connectivity index (χ1) is 18.6. The fraction of sp³-hybridized carbons (Fsp3) is 0.286. The Morgan fingerprint density at radius 3 is 2.31 bits per heavy atom. The largest absolute Gasteiger partial charge is 0.497 e. The molecule has 0 unspecified atom stereocenters. The third-order valence-corrected chi connectivity index (χ3v) is 8.43. The summed E-state index contributed by atoms with van der Waals surface area (Å²) in [7, 11) is -2.74. The fourth-order valence-electron chi connectivity index (χ4n) is 3.82. The first-order valence-corrected chi connectivity index (χ1v) is 14.5. The predicted molar refractivity (Wildman–Crippen MR) is 154 cm³/mol. The molecule has 3 rings (SSSR count). The molecule has 0 aliphatic carbocycles. The van der Waals surface area contributed by atoms with E-state index in [0.717, 1.165) is 10.7 Å². The lowest BCUT2D eigenvalue weighted by Crippen LogP contribution is -2.51. The molecule has 0 aliphatic heterocycles. The standard InChI is InChI=1S/C28H31Cl2N3O5S/c1-4-16-31-28(35)20(2)32(18-21-8-5-6-11-26(21)30)27(34)19-33(23-10-7-9-22(29)17-23)39(36,37)25-14-12-24(38-3)13-15-25/h5-15,17,20H,4,16,18-19H2,1-3H3,(H,31,35)/t20-/m1/s1. The first-order valence-electron chi connectivity index (χ1n) is 12.3. The van der Waals surface area contributed by atoms with Crippen LogP contribution in [-0.4, -0.2) is 51.4 Å². The van der Waals surface area contributed by atoms with E-state index in [4.69, 9.17) is 27.9 Å². The lowest BCUT2D eigenvalue weighted by Gasteiger charge is -2.32. The Labute approximate surface area is 239 Å². The van der Waals surface area contributed by atoms with Crippen LogP contribution < -0.4 is 14.4 Å². The smallest absolute Gasteiger partial charge is 0.264 e. The Morgan fingerprint density at radius 2 is 1.69 bits per heavy atom. The maximum atomic E-state index is 13.9. The molecule has 0 aromatic heterocycles. The molecule has 8 nitrogen and oxygen atoms in total.